The van der Waals surface area contributed by atoms with Gasteiger partial charge in [0.1, 0.15) is 15.8 Å². The van der Waals surface area contributed by atoms with E-state index in [4.69, 9.17) is 14.9 Å². The van der Waals surface area contributed by atoms with Crippen molar-refractivity contribution >= 4 is 52.2 Å². The lowest BCUT2D eigenvalue weighted by Crippen LogP contribution is -2.17. The summed E-state index contributed by atoms with van der Waals surface area (Å²) in [7, 11) is -4.61. The second-order valence-corrected chi connectivity index (χ2v) is 7.53. The van der Waals surface area contributed by atoms with Gasteiger partial charge in [0.2, 0.25) is 0 Å². The summed E-state index contributed by atoms with van der Waals surface area (Å²) in [5, 5.41) is 10.1. The molecule has 116 valence electrons. The first-order valence-corrected chi connectivity index (χ1v) is 9.24. The summed E-state index contributed by atoms with van der Waals surface area (Å²) in [5.41, 5.74) is 0.625. The summed E-state index contributed by atoms with van der Waals surface area (Å²) >= 11 is 2.58. The molecule has 2 aromatic rings. The maximum absolute atomic E-state index is 10.9. The van der Waals surface area contributed by atoms with Crippen LogP contribution in [0.1, 0.15) is 5.01 Å². The molecule has 0 fully saturated rings. The number of thioether (sulfide) groups is 1. The minimum absolute atomic E-state index is 0.0421. The molecule has 2 heterocycles. The van der Waals surface area contributed by atoms with Crippen LogP contribution in [0, 0.1) is 0 Å². The van der Waals surface area contributed by atoms with Crippen LogP contribution in [0.15, 0.2) is 23.2 Å². The molecule has 3 rings (SSSR count). The fourth-order valence-corrected chi connectivity index (χ4v) is 4.29. The van der Waals surface area contributed by atoms with Crippen molar-refractivity contribution in [1.82, 2.24) is 4.98 Å². The Bertz CT molecular complexity index is 829. The molecular formula is C11H9N2O6PS2. The Morgan fingerprint density at radius 3 is 2.82 bits per heavy atom. The van der Waals surface area contributed by atoms with Crippen molar-refractivity contribution in [3.8, 4) is 5.75 Å². The molecule has 0 radical (unpaired) electrons. The molecule has 11 heteroatoms. The molecule has 1 aliphatic rings. The molecule has 1 aromatic heterocycles. The van der Waals surface area contributed by atoms with E-state index < -0.39 is 19.8 Å². The van der Waals surface area contributed by atoms with Crippen LogP contribution in [-0.2, 0) is 9.36 Å². The number of carboxylic acid groups (broad SMARTS) is 1. The highest BCUT2D eigenvalue weighted by molar-refractivity contribution is 8.15. The number of carbonyl (C=O) groups is 1. The first kappa shape index (κ1) is 15.4. The van der Waals surface area contributed by atoms with Crippen molar-refractivity contribution in [1.29, 1.82) is 0 Å². The number of aliphatic imine (C=N–C) groups is 1. The number of aromatic nitrogens is 1. The van der Waals surface area contributed by atoms with Gasteiger partial charge < -0.3 is 9.63 Å². The van der Waals surface area contributed by atoms with Crippen LogP contribution in [0.25, 0.3) is 10.2 Å². The van der Waals surface area contributed by atoms with Gasteiger partial charge in [-0.1, -0.05) is 0 Å². The Hall–Kier alpha value is -1.45. The van der Waals surface area contributed by atoms with Gasteiger partial charge in [0, 0.05) is 11.8 Å². The number of rotatable bonds is 4. The average Bonchev–Trinajstić information content (AvgIpc) is 3.02. The molecule has 8 nitrogen and oxygen atoms in total. The number of hydrogen-bond acceptors (Lipinski definition) is 7. The summed E-state index contributed by atoms with van der Waals surface area (Å²) in [5.74, 6) is -0.561. The number of nitrogens with zero attached hydrogens (tertiary/aromatic N) is 2. The Labute approximate surface area is 132 Å². The Morgan fingerprint density at radius 2 is 2.18 bits per heavy atom. The molecule has 3 N–H and O–H groups in total. The van der Waals surface area contributed by atoms with E-state index in [0.717, 1.165) is 0 Å². The second-order valence-electron chi connectivity index (χ2n) is 4.33. The number of benzene rings is 1. The molecule has 0 bridgehead atoms. The van der Waals surface area contributed by atoms with E-state index >= 15 is 0 Å². The number of hydrogen-bond donors (Lipinski definition) is 3. The first-order valence-electron chi connectivity index (χ1n) is 5.91. The lowest BCUT2D eigenvalue weighted by molar-refractivity contribution is -0.137. The fourth-order valence-electron chi connectivity index (χ4n) is 1.81. The number of fused-ring (bicyclic) bond motifs is 1. The standard InChI is InChI=1S/C11H9N2O6PS2/c14-11(15)7-4-21-9(13-7)10-12-6-2-1-5(3-8(6)22-10)19-20(16,17)18/h1-3,7H,4H2,(H,14,15)(H2,16,17,18)/t7-/m0/s1. The zero-order valence-electron chi connectivity index (χ0n) is 10.7. The minimum Gasteiger partial charge on any atom is -0.480 e. The van der Waals surface area contributed by atoms with E-state index in [1.54, 1.807) is 6.07 Å². The quantitative estimate of drug-likeness (QED) is 0.703. The van der Waals surface area contributed by atoms with Gasteiger partial charge in [-0.2, -0.15) is 0 Å². The lowest BCUT2D eigenvalue weighted by atomic mass is 10.3. The highest BCUT2D eigenvalue weighted by atomic mass is 32.2. The van der Waals surface area contributed by atoms with Gasteiger partial charge in [-0.25, -0.2) is 14.3 Å². The number of phosphoric acid groups is 1. The SMILES string of the molecule is O=C(O)[C@@H]1CSC(c2nc3ccc(OP(=O)(O)O)cc3s2)=N1. The topological polar surface area (TPSA) is 129 Å². The van der Waals surface area contributed by atoms with Gasteiger partial charge >= 0.3 is 13.8 Å². The van der Waals surface area contributed by atoms with Crippen LogP contribution in [0.4, 0.5) is 0 Å². The van der Waals surface area contributed by atoms with Crippen LogP contribution < -0.4 is 4.52 Å². The summed E-state index contributed by atoms with van der Waals surface area (Å²) in [6.07, 6.45) is 0. The van der Waals surface area contributed by atoms with E-state index in [0.29, 0.717) is 26.0 Å². The predicted molar refractivity (Wildman–Crippen MR) is 82.7 cm³/mol. The number of phosphoric ester groups is 1. The Morgan fingerprint density at radius 1 is 1.41 bits per heavy atom. The van der Waals surface area contributed by atoms with E-state index in [-0.39, 0.29) is 5.75 Å². The first-order chi connectivity index (χ1) is 10.3. The summed E-state index contributed by atoms with van der Waals surface area (Å²) in [6.45, 7) is 0. The van der Waals surface area contributed by atoms with Crippen LogP contribution in [-0.4, -0.2) is 42.7 Å². The lowest BCUT2D eigenvalue weighted by Gasteiger charge is -2.05. The Balaban J connectivity index is 1.92. The Kier molecular flexibility index (Phi) is 3.96. The van der Waals surface area contributed by atoms with Crippen LogP contribution in [0.5, 0.6) is 5.75 Å². The third-order valence-corrected chi connectivity index (χ3v) is 5.36. The van der Waals surface area contributed by atoms with Crippen molar-refractivity contribution in [3.63, 3.8) is 0 Å². The normalized spacial score (nSPS) is 18.5. The van der Waals surface area contributed by atoms with Crippen molar-refractivity contribution in [3.05, 3.63) is 23.2 Å². The van der Waals surface area contributed by atoms with Crippen LogP contribution in [0.3, 0.4) is 0 Å². The largest absolute Gasteiger partial charge is 0.524 e. The highest BCUT2D eigenvalue weighted by Crippen LogP contribution is 2.39. The smallest absolute Gasteiger partial charge is 0.480 e. The number of carboxylic acids is 1. The van der Waals surface area contributed by atoms with Gasteiger partial charge in [-0.05, 0) is 12.1 Å². The molecular weight excluding hydrogens is 351 g/mol. The molecule has 0 saturated heterocycles. The second kappa shape index (κ2) is 5.64. The fraction of sp³-hybridized carbons (Fsp3) is 0.182. The van der Waals surface area contributed by atoms with E-state index in [2.05, 4.69) is 14.5 Å². The zero-order valence-corrected chi connectivity index (χ0v) is 13.3. The third-order valence-electron chi connectivity index (χ3n) is 2.70. The van der Waals surface area contributed by atoms with Crippen LogP contribution >= 0.6 is 30.9 Å². The molecule has 0 amide bonds. The average molecular weight is 360 g/mol. The van der Waals surface area contributed by atoms with Gasteiger partial charge in [0.25, 0.3) is 0 Å². The molecule has 1 aliphatic heterocycles. The van der Waals surface area contributed by atoms with E-state index in [1.165, 1.54) is 35.2 Å². The summed E-state index contributed by atoms with van der Waals surface area (Å²) in [6, 6.07) is 3.70. The van der Waals surface area contributed by atoms with Gasteiger partial charge in [0.15, 0.2) is 6.04 Å². The van der Waals surface area contributed by atoms with Crippen molar-refractivity contribution < 1.29 is 28.8 Å². The maximum Gasteiger partial charge on any atom is 0.524 e. The monoisotopic (exact) mass is 360 g/mol. The number of aliphatic carboxylic acids is 1. The van der Waals surface area contributed by atoms with Gasteiger partial charge in [-0.15, -0.1) is 23.1 Å². The predicted octanol–water partition coefficient (Wildman–Crippen LogP) is 1.71. The van der Waals surface area contributed by atoms with E-state index in [1.807, 2.05) is 0 Å². The van der Waals surface area contributed by atoms with Crippen molar-refractivity contribution in [2.24, 2.45) is 4.99 Å². The molecule has 0 saturated carbocycles. The summed E-state index contributed by atoms with van der Waals surface area (Å²) < 4.78 is 16.0. The third kappa shape index (κ3) is 3.31. The molecule has 0 spiro atoms. The highest BCUT2D eigenvalue weighted by Gasteiger charge is 2.27. The molecule has 0 aliphatic carbocycles. The zero-order chi connectivity index (χ0) is 15.9. The minimum atomic E-state index is -4.61. The van der Waals surface area contributed by atoms with Crippen molar-refractivity contribution in [2.45, 2.75) is 6.04 Å². The van der Waals surface area contributed by atoms with Gasteiger partial charge in [-0.3, -0.25) is 14.8 Å². The van der Waals surface area contributed by atoms with Gasteiger partial charge in [0.05, 0.1) is 10.2 Å². The van der Waals surface area contributed by atoms with E-state index in [9.17, 15) is 9.36 Å². The maximum atomic E-state index is 10.9. The molecule has 22 heavy (non-hydrogen) atoms. The summed E-state index contributed by atoms with van der Waals surface area (Å²) in [4.78, 5) is 37.0. The van der Waals surface area contributed by atoms with Crippen molar-refractivity contribution in [2.75, 3.05) is 5.75 Å². The molecule has 1 aromatic carbocycles. The van der Waals surface area contributed by atoms with Crippen LogP contribution in [0.2, 0.25) is 0 Å². The molecule has 1 atom stereocenters. The number of thiazole rings is 1. The molecule has 0 unspecified atom stereocenters.